The molecule has 0 spiro atoms. The zero-order valence-corrected chi connectivity index (χ0v) is 15.7. The highest BCUT2D eigenvalue weighted by molar-refractivity contribution is 8.18. The first-order valence-electron chi connectivity index (χ1n) is 8.98. The zero-order valence-electron chi connectivity index (χ0n) is 14.9. The van der Waals surface area contributed by atoms with Crippen molar-refractivity contribution in [2.45, 2.75) is 6.54 Å². The highest BCUT2D eigenvalue weighted by atomic mass is 32.2. The van der Waals surface area contributed by atoms with Crippen LogP contribution in [-0.4, -0.2) is 15.7 Å². The van der Waals surface area contributed by atoms with Gasteiger partial charge in [-0.2, -0.15) is 0 Å². The van der Waals surface area contributed by atoms with Crippen LogP contribution in [0.2, 0.25) is 0 Å². The predicted octanol–water partition coefficient (Wildman–Crippen LogP) is 5.17. The SMILES string of the molecule is O=C1NC(=O)/C(=C/c2cn(Cc3ccc4ccccc4c3)c3ccccc23)S1. The minimum atomic E-state index is -0.332. The molecule has 1 aliphatic rings. The van der Waals surface area contributed by atoms with Crippen molar-refractivity contribution in [1.82, 2.24) is 9.88 Å². The summed E-state index contributed by atoms with van der Waals surface area (Å²) in [5, 5.41) is 5.49. The molecule has 5 heteroatoms. The van der Waals surface area contributed by atoms with Gasteiger partial charge in [0.1, 0.15) is 0 Å². The lowest BCUT2D eigenvalue weighted by Gasteiger charge is -2.07. The van der Waals surface area contributed by atoms with Gasteiger partial charge in [-0.3, -0.25) is 14.9 Å². The second-order valence-electron chi connectivity index (χ2n) is 6.76. The first-order chi connectivity index (χ1) is 13.7. The zero-order chi connectivity index (χ0) is 19.1. The molecule has 0 bridgehead atoms. The van der Waals surface area contributed by atoms with Crippen LogP contribution in [0, 0.1) is 0 Å². The maximum absolute atomic E-state index is 11.9. The largest absolute Gasteiger partial charge is 0.342 e. The van der Waals surface area contributed by atoms with Crippen LogP contribution < -0.4 is 5.32 Å². The molecule has 0 radical (unpaired) electrons. The Labute approximate surface area is 165 Å². The Kier molecular flexibility index (Phi) is 4.02. The van der Waals surface area contributed by atoms with Crippen LogP contribution in [0.1, 0.15) is 11.1 Å². The van der Waals surface area contributed by atoms with Gasteiger partial charge in [0, 0.05) is 29.2 Å². The average molecular weight is 384 g/mol. The van der Waals surface area contributed by atoms with Crippen LogP contribution in [0.5, 0.6) is 0 Å². The van der Waals surface area contributed by atoms with Crippen molar-refractivity contribution in [3.05, 3.63) is 89.0 Å². The molecule has 0 atom stereocenters. The summed E-state index contributed by atoms with van der Waals surface area (Å²) < 4.78 is 2.19. The van der Waals surface area contributed by atoms with Gasteiger partial charge in [0.2, 0.25) is 0 Å². The van der Waals surface area contributed by atoms with Gasteiger partial charge in [-0.05, 0) is 46.3 Å². The lowest BCUT2D eigenvalue weighted by atomic mass is 10.1. The Balaban J connectivity index is 1.57. The van der Waals surface area contributed by atoms with E-state index in [0.29, 0.717) is 4.91 Å². The van der Waals surface area contributed by atoms with Crippen molar-refractivity contribution >= 4 is 50.7 Å². The number of hydrogen-bond acceptors (Lipinski definition) is 3. The first-order valence-corrected chi connectivity index (χ1v) is 9.79. The van der Waals surface area contributed by atoms with Crippen molar-refractivity contribution in [3.63, 3.8) is 0 Å². The molecule has 0 saturated carbocycles. The number of imide groups is 1. The number of benzene rings is 3. The summed E-state index contributed by atoms with van der Waals surface area (Å²) in [6.45, 7) is 0.729. The smallest absolute Gasteiger partial charge is 0.290 e. The summed E-state index contributed by atoms with van der Waals surface area (Å²) in [4.78, 5) is 23.8. The van der Waals surface area contributed by atoms with Gasteiger partial charge in [0.05, 0.1) is 4.91 Å². The number of hydrogen-bond donors (Lipinski definition) is 1. The molecule has 0 unspecified atom stereocenters. The average Bonchev–Trinajstić information content (AvgIpc) is 3.21. The third-order valence-corrected chi connectivity index (χ3v) is 5.73. The molecular formula is C23H16N2O2S. The van der Waals surface area contributed by atoms with Crippen LogP contribution in [0.4, 0.5) is 4.79 Å². The van der Waals surface area contributed by atoms with Crippen molar-refractivity contribution in [1.29, 1.82) is 0 Å². The number of thioether (sulfide) groups is 1. The standard InChI is InChI=1S/C23H16N2O2S/c26-22-21(28-23(27)24-22)12-18-14-25(20-8-4-3-7-19(18)20)13-15-9-10-16-5-1-2-6-17(16)11-15/h1-12,14H,13H2,(H,24,26,27)/b21-12-. The van der Waals surface area contributed by atoms with Crippen molar-refractivity contribution in [2.24, 2.45) is 0 Å². The molecule has 0 aliphatic carbocycles. The van der Waals surface area contributed by atoms with E-state index in [9.17, 15) is 9.59 Å². The molecule has 1 fully saturated rings. The van der Waals surface area contributed by atoms with Gasteiger partial charge in [0.25, 0.3) is 11.1 Å². The summed E-state index contributed by atoms with van der Waals surface area (Å²) in [7, 11) is 0. The summed E-state index contributed by atoms with van der Waals surface area (Å²) in [5.74, 6) is -0.332. The Morgan fingerprint density at radius 1 is 0.929 bits per heavy atom. The van der Waals surface area contributed by atoms with E-state index in [1.807, 2.05) is 36.5 Å². The molecule has 4 aromatic rings. The Morgan fingerprint density at radius 2 is 1.71 bits per heavy atom. The summed E-state index contributed by atoms with van der Waals surface area (Å²) in [5.41, 5.74) is 3.24. The van der Waals surface area contributed by atoms with E-state index in [1.165, 1.54) is 16.3 Å². The minimum Gasteiger partial charge on any atom is -0.342 e. The molecule has 3 aromatic carbocycles. The Morgan fingerprint density at radius 3 is 2.54 bits per heavy atom. The number of nitrogens with one attached hydrogen (secondary N) is 1. The number of para-hydroxylation sites is 1. The monoisotopic (exact) mass is 384 g/mol. The number of amides is 2. The number of fused-ring (bicyclic) bond motifs is 2. The number of carbonyl (C=O) groups excluding carboxylic acids is 2. The van der Waals surface area contributed by atoms with E-state index in [4.69, 9.17) is 0 Å². The first kappa shape index (κ1) is 16.8. The maximum atomic E-state index is 11.9. The Bertz CT molecular complexity index is 1290. The predicted molar refractivity (Wildman–Crippen MR) is 114 cm³/mol. The normalized spacial score (nSPS) is 15.6. The van der Waals surface area contributed by atoms with Gasteiger partial charge >= 0.3 is 0 Å². The molecule has 1 saturated heterocycles. The lowest BCUT2D eigenvalue weighted by molar-refractivity contribution is -0.115. The van der Waals surface area contributed by atoms with Crippen LogP contribution in [-0.2, 0) is 11.3 Å². The van der Waals surface area contributed by atoms with Crippen LogP contribution >= 0.6 is 11.8 Å². The summed E-state index contributed by atoms with van der Waals surface area (Å²) >= 11 is 0.944. The van der Waals surface area contributed by atoms with Crippen LogP contribution in [0.15, 0.2) is 77.8 Å². The summed E-state index contributed by atoms with van der Waals surface area (Å²) in [6.07, 6.45) is 3.84. The molecule has 1 N–H and O–H groups in total. The summed E-state index contributed by atoms with van der Waals surface area (Å²) in [6, 6.07) is 22.9. The van der Waals surface area contributed by atoms with Crippen molar-refractivity contribution in [2.75, 3.05) is 0 Å². The van der Waals surface area contributed by atoms with E-state index in [2.05, 4.69) is 46.3 Å². The van der Waals surface area contributed by atoms with Crippen LogP contribution in [0.3, 0.4) is 0 Å². The molecule has 5 rings (SSSR count). The lowest BCUT2D eigenvalue weighted by Crippen LogP contribution is -2.17. The third-order valence-electron chi connectivity index (χ3n) is 4.91. The van der Waals surface area contributed by atoms with Gasteiger partial charge in [-0.25, -0.2) is 0 Å². The van der Waals surface area contributed by atoms with E-state index < -0.39 is 0 Å². The fourth-order valence-electron chi connectivity index (χ4n) is 3.62. The highest BCUT2D eigenvalue weighted by Crippen LogP contribution is 2.30. The topological polar surface area (TPSA) is 51.1 Å². The fourth-order valence-corrected chi connectivity index (χ4v) is 4.29. The van der Waals surface area contributed by atoms with Gasteiger partial charge in [-0.1, -0.05) is 54.6 Å². The van der Waals surface area contributed by atoms with E-state index in [0.717, 1.165) is 34.8 Å². The molecule has 2 amide bonds. The van der Waals surface area contributed by atoms with Crippen molar-refractivity contribution < 1.29 is 9.59 Å². The van der Waals surface area contributed by atoms with Gasteiger partial charge < -0.3 is 4.57 Å². The number of carbonyl (C=O) groups is 2. The highest BCUT2D eigenvalue weighted by Gasteiger charge is 2.25. The van der Waals surface area contributed by atoms with E-state index >= 15 is 0 Å². The molecule has 136 valence electrons. The maximum Gasteiger partial charge on any atom is 0.290 e. The second kappa shape index (κ2) is 6.69. The number of nitrogens with zero attached hydrogens (tertiary/aromatic N) is 1. The minimum absolute atomic E-state index is 0.323. The van der Waals surface area contributed by atoms with Gasteiger partial charge in [0.15, 0.2) is 0 Å². The molecule has 28 heavy (non-hydrogen) atoms. The molecule has 2 heterocycles. The molecule has 1 aliphatic heterocycles. The van der Waals surface area contributed by atoms with Crippen LogP contribution in [0.25, 0.3) is 27.8 Å². The second-order valence-corrected chi connectivity index (χ2v) is 7.78. The molecule has 4 nitrogen and oxygen atoms in total. The third kappa shape index (κ3) is 3.00. The number of rotatable bonds is 3. The molecule has 1 aromatic heterocycles. The fraction of sp³-hybridized carbons (Fsp3) is 0.0435. The number of aromatic nitrogens is 1. The van der Waals surface area contributed by atoms with E-state index in [1.54, 1.807) is 6.08 Å². The van der Waals surface area contributed by atoms with Gasteiger partial charge in [-0.15, -0.1) is 0 Å². The van der Waals surface area contributed by atoms with E-state index in [-0.39, 0.29) is 11.1 Å². The quantitative estimate of drug-likeness (QED) is 0.496. The van der Waals surface area contributed by atoms with Crippen molar-refractivity contribution in [3.8, 4) is 0 Å². The molecular weight excluding hydrogens is 368 g/mol. The Hall–Kier alpha value is -3.31.